The number of aryl methyl sites for hydroxylation is 1. The van der Waals surface area contributed by atoms with Crippen molar-refractivity contribution in [1.29, 1.82) is 0 Å². The Bertz CT molecular complexity index is 462. The number of para-hydroxylation sites is 1. The fourth-order valence-electron chi connectivity index (χ4n) is 1.61. The van der Waals surface area contributed by atoms with Crippen LogP contribution in [0.1, 0.15) is 13.3 Å². The quantitative estimate of drug-likeness (QED) is 0.794. The van der Waals surface area contributed by atoms with E-state index in [4.69, 9.17) is 5.73 Å². The van der Waals surface area contributed by atoms with Crippen molar-refractivity contribution in [2.75, 3.05) is 5.73 Å². The number of nitrogen functional groups attached to an aromatic ring is 1. The molecule has 1 aromatic heterocycles. The molecule has 0 aliphatic rings. The van der Waals surface area contributed by atoms with Gasteiger partial charge in [0.2, 0.25) is 5.95 Å². The summed E-state index contributed by atoms with van der Waals surface area (Å²) in [6, 6.07) is 4.83. The number of anilines is 1. The molecule has 2 N–H and O–H groups in total. The van der Waals surface area contributed by atoms with E-state index in [0.717, 1.165) is 6.42 Å². The van der Waals surface area contributed by atoms with E-state index in [2.05, 4.69) is 4.98 Å². The summed E-state index contributed by atoms with van der Waals surface area (Å²) in [5.74, 6) is 0.118. The summed E-state index contributed by atoms with van der Waals surface area (Å²) in [4.78, 5) is 4.09. The van der Waals surface area contributed by atoms with Crippen molar-refractivity contribution in [2.45, 2.75) is 19.9 Å². The van der Waals surface area contributed by atoms with Gasteiger partial charge in [-0.3, -0.25) is 0 Å². The van der Waals surface area contributed by atoms with Gasteiger partial charge in [-0.25, -0.2) is 9.37 Å². The lowest BCUT2D eigenvalue weighted by Gasteiger charge is -2.03. The highest BCUT2D eigenvalue weighted by atomic mass is 19.1. The van der Waals surface area contributed by atoms with E-state index in [-0.39, 0.29) is 5.82 Å². The van der Waals surface area contributed by atoms with Gasteiger partial charge >= 0.3 is 0 Å². The standard InChI is InChI=1S/C10H12FN3/c1-2-6-14-9-7(11)4-3-5-8(9)13-10(14)12/h3-5H,2,6H2,1H3,(H2,12,13). The summed E-state index contributed by atoms with van der Waals surface area (Å²) >= 11 is 0. The third kappa shape index (κ3) is 1.23. The molecule has 0 spiro atoms. The molecule has 0 aliphatic heterocycles. The van der Waals surface area contributed by atoms with Crippen LogP contribution in [0.4, 0.5) is 10.3 Å². The molecule has 2 rings (SSSR count). The first-order chi connectivity index (χ1) is 6.74. The fourth-order valence-corrected chi connectivity index (χ4v) is 1.61. The highest BCUT2D eigenvalue weighted by Crippen LogP contribution is 2.20. The number of fused-ring (bicyclic) bond motifs is 1. The number of halogens is 1. The lowest BCUT2D eigenvalue weighted by atomic mass is 10.3. The molecule has 3 nitrogen and oxygen atoms in total. The molecule has 0 saturated carbocycles. The van der Waals surface area contributed by atoms with Crippen LogP contribution in [0, 0.1) is 5.82 Å². The molecule has 0 aliphatic carbocycles. The van der Waals surface area contributed by atoms with E-state index in [9.17, 15) is 4.39 Å². The smallest absolute Gasteiger partial charge is 0.201 e. The van der Waals surface area contributed by atoms with Crippen LogP contribution in [0.15, 0.2) is 18.2 Å². The first kappa shape index (κ1) is 8.99. The molecule has 1 heterocycles. The lowest BCUT2D eigenvalue weighted by molar-refractivity contribution is 0.620. The topological polar surface area (TPSA) is 43.8 Å². The first-order valence-electron chi connectivity index (χ1n) is 4.64. The average molecular weight is 193 g/mol. The summed E-state index contributed by atoms with van der Waals surface area (Å²) in [5.41, 5.74) is 6.82. The molecule has 14 heavy (non-hydrogen) atoms. The van der Waals surface area contributed by atoms with E-state index in [0.29, 0.717) is 23.5 Å². The maximum absolute atomic E-state index is 13.5. The van der Waals surface area contributed by atoms with Gasteiger partial charge in [-0.1, -0.05) is 13.0 Å². The van der Waals surface area contributed by atoms with Crippen molar-refractivity contribution in [3.05, 3.63) is 24.0 Å². The van der Waals surface area contributed by atoms with Gasteiger partial charge in [-0.05, 0) is 18.6 Å². The summed E-state index contributed by atoms with van der Waals surface area (Å²) in [6.45, 7) is 2.72. The zero-order valence-corrected chi connectivity index (χ0v) is 8.00. The first-order valence-corrected chi connectivity index (χ1v) is 4.64. The molecule has 1 aromatic carbocycles. The molecular formula is C10H12FN3. The van der Waals surface area contributed by atoms with Crippen molar-refractivity contribution in [2.24, 2.45) is 0 Å². The van der Waals surface area contributed by atoms with Crippen LogP contribution >= 0.6 is 0 Å². The van der Waals surface area contributed by atoms with Crippen molar-refractivity contribution >= 4 is 17.0 Å². The van der Waals surface area contributed by atoms with Gasteiger partial charge in [-0.2, -0.15) is 0 Å². The molecule has 2 aromatic rings. The normalized spacial score (nSPS) is 11.0. The van der Waals surface area contributed by atoms with Crippen molar-refractivity contribution < 1.29 is 4.39 Å². The summed E-state index contributed by atoms with van der Waals surface area (Å²) in [7, 11) is 0. The van der Waals surface area contributed by atoms with Gasteiger partial charge in [0, 0.05) is 6.54 Å². The number of hydrogen-bond donors (Lipinski definition) is 1. The van der Waals surface area contributed by atoms with Gasteiger partial charge in [-0.15, -0.1) is 0 Å². The number of imidazole rings is 1. The zero-order chi connectivity index (χ0) is 10.1. The van der Waals surface area contributed by atoms with E-state index in [1.165, 1.54) is 6.07 Å². The maximum Gasteiger partial charge on any atom is 0.201 e. The molecule has 74 valence electrons. The molecule has 0 amide bonds. The number of hydrogen-bond acceptors (Lipinski definition) is 2. The monoisotopic (exact) mass is 193 g/mol. The van der Waals surface area contributed by atoms with Crippen LogP contribution < -0.4 is 5.73 Å². The number of rotatable bonds is 2. The summed E-state index contributed by atoms with van der Waals surface area (Å²) < 4.78 is 15.2. The number of benzene rings is 1. The fraction of sp³-hybridized carbons (Fsp3) is 0.300. The molecule has 0 saturated heterocycles. The van der Waals surface area contributed by atoms with Crippen molar-refractivity contribution in [3.63, 3.8) is 0 Å². The van der Waals surface area contributed by atoms with Crippen LogP contribution in [0.2, 0.25) is 0 Å². The van der Waals surface area contributed by atoms with Crippen LogP contribution in [0.3, 0.4) is 0 Å². The lowest BCUT2D eigenvalue weighted by Crippen LogP contribution is -2.03. The molecule has 0 radical (unpaired) electrons. The Labute approximate surface area is 81.4 Å². The molecule has 0 atom stereocenters. The summed E-state index contributed by atoms with van der Waals surface area (Å²) in [5, 5.41) is 0. The summed E-state index contributed by atoms with van der Waals surface area (Å²) in [6.07, 6.45) is 0.907. The largest absolute Gasteiger partial charge is 0.369 e. The van der Waals surface area contributed by atoms with Crippen molar-refractivity contribution in [1.82, 2.24) is 9.55 Å². The highest BCUT2D eigenvalue weighted by molar-refractivity contribution is 5.78. The van der Waals surface area contributed by atoms with Gasteiger partial charge in [0.1, 0.15) is 11.3 Å². The van der Waals surface area contributed by atoms with E-state index in [1.54, 1.807) is 16.7 Å². The van der Waals surface area contributed by atoms with Gasteiger partial charge < -0.3 is 10.3 Å². The van der Waals surface area contributed by atoms with Crippen LogP contribution in [-0.2, 0) is 6.54 Å². The molecular weight excluding hydrogens is 181 g/mol. The number of nitrogens with zero attached hydrogens (tertiary/aromatic N) is 2. The van der Waals surface area contributed by atoms with Crippen LogP contribution in [0.5, 0.6) is 0 Å². The Morgan fingerprint density at radius 1 is 1.50 bits per heavy atom. The number of aromatic nitrogens is 2. The third-order valence-electron chi connectivity index (χ3n) is 2.19. The second kappa shape index (κ2) is 3.29. The zero-order valence-electron chi connectivity index (χ0n) is 8.00. The second-order valence-corrected chi connectivity index (χ2v) is 3.23. The predicted molar refractivity (Wildman–Crippen MR) is 54.4 cm³/mol. The Morgan fingerprint density at radius 3 is 3.00 bits per heavy atom. The molecule has 0 unspecified atom stereocenters. The SMILES string of the molecule is CCCn1c(N)nc2cccc(F)c21. The van der Waals surface area contributed by atoms with Crippen LogP contribution in [-0.4, -0.2) is 9.55 Å². The molecule has 4 heteroatoms. The minimum atomic E-state index is -0.264. The van der Waals surface area contributed by atoms with Gasteiger partial charge in [0.15, 0.2) is 0 Å². The highest BCUT2D eigenvalue weighted by Gasteiger charge is 2.10. The van der Waals surface area contributed by atoms with E-state index < -0.39 is 0 Å². The molecule has 0 bridgehead atoms. The predicted octanol–water partition coefficient (Wildman–Crippen LogP) is 2.17. The third-order valence-corrected chi connectivity index (χ3v) is 2.19. The second-order valence-electron chi connectivity index (χ2n) is 3.23. The van der Waals surface area contributed by atoms with E-state index >= 15 is 0 Å². The Balaban J connectivity index is 2.73. The average Bonchev–Trinajstić information content (AvgIpc) is 2.45. The maximum atomic E-state index is 13.5. The van der Waals surface area contributed by atoms with Gasteiger partial charge in [0.25, 0.3) is 0 Å². The van der Waals surface area contributed by atoms with Crippen molar-refractivity contribution in [3.8, 4) is 0 Å². The Morgan fingerprint density at radius 2 is 2.29 bits per heavy atom. The Kier molecular flexibility index (Phi) is 2.11. The minimum Gasteiger partial charge on any atom is -0.369 e. The van der Waals surface area contributed by atoms with E-state index in [1.807, 2.05) is 6.92 Å². The Hall–Kier alpha value is -1.58. The molecule has 0 fully saturated rings. The minimum absolute atomic E-state index is 0.264. The number of nitrogens with two attached hydrogens (primary N) is 1. The van der Waals surface area contributed by atoms with Crippen LogP contribution in [0.25, 0.3) is 11.0 Å². The van der Waals surface area contributed by atoms with Gasteiger partial charge in [0.05, 0.1) is 5.52 Å².